The second-order valence-corrected chi connectivity index (χ2v) is 4.13. The van der Waals surface area contributed by atoms with E-state index < -0.39 is 0 Å². The third-order valence-corrected chi connectivity index (χ3v) is 2.72. The highest BCUT2D eigenvalue weighted by atomic mass is 16.1. The van der Waals surface area contributed by atoms with Crippen LogP contribution in [0.25, 0.3) is 0 Å². The van der Waals surface area contributed by atoms with E-state index in [2.05, 4.69) is 12.2 Å². The first kappa shape index (κ1) is 12.7. The number of benzene rings is 1. The molecule has 1 aromatic carbocycles. The lowest BCUT2D eigenvalue weighted by molar-refractivity contribution is -0.117. The SMILES string of the molecule is CCC(CN)CC(=O)Nc1ccc(C)cc1. The Morgan fingerprint density at radius 2 is 2.00 bits per heavy atom. The summed E-state index contributed by atoms with van der Waals surface area (Å²) in [4.78, 5) is 11.7. The zero-order valence-corrected chi connectivity index (χ0v) is 9.99. The molecule has 0 bridgehead atoms. The Balaban J connectivity index is 2.48. The van der Waals surface area contributed by atoms with Gasteiger partial charge in [0.2, 0.25) is 5.91 Å². The van der Waals surface area contributed by atoms with E-state index in [4.69, 9.17) is 5.73 Å². The molecule has 3 nitrogen and oxygen atoms in total. The molecule has 0 spiro atoms. The zero-order chi connectivity index (χ0) is 12.0. The van der Waals surface area contributed by atoms with E-state index in [1.54, 1.807) is 0 Å². The molecule has 88 valence electrons. The van der Waals surface area contributed by atoms with Crippen LogP contribution in [-0.4, -0.2) is 12.5 Å². The minimum atomic E-state index is 0.0427. The molecule has 3 N–H and O–H groups in total. The van der Waals surface area contributed by atoms with Gasteiger partial charge in [0.1, 0.15) is 0 Å². The maximum absolute atomic E-state index is 11.7. The Bertz CT molecular complexity index is 328. The van der Waals surface area contributed by atoms with Crippen LogP contribution in [0.15, 0.2) is 24.3 Å². The quantitative estimate of drug-likeness (QED) is 0.800. The monoisotopic (exact) mass is 220 g/mol. The standard InChI is InChI=1S/C13H20N2O/c1-3-11(9-14)8-13(16)15-12-6-4-10(2)5-7-12/h4-7,11H,3,8-9,14H2,1-2H3,(H,15,16). The van der Waals surface area contributed by atoms with Crippen molar-refractivity contribution in [3.8, 4) is 0 Å². The van der Waals surface area contributed by atoms with Gasteiger partial charge in [-0.15, -0.1) is 0 Å². The Morgan fingerprint density at radius 3 is 2.50 bits per heavy atom. The summed E-state index contributed by atoms with van der Waals surface area (Å²) < 4.78 is 0. The molecule has 0 radical (unpaired) electrons. The number of anilines is 1. The summed E-state index contributed by atoms with van der Waals surface area (Å²) >= 11 is 0. The van der Waals surface area contributed by atoms with E-state index in [9.17, 15) is 4.79 Å². The maximum Gasteiger partial charge on any atom is 0.224 e. The lowest BCUT2D eigenvalue weighted by Gasteiger charge is -2.12. The van der Waals surface area contributed by atoms with Crippen LogP contribution in [0.3, 0.4) is 0 Å². The average molecular weight is 220 g/mol. The summed E-state index contributed by atoms with van der Waals surface area (Å²) in [5, 5.41) is 2.87. The zero-order valence-electron chi connectivity index (χ0n) is 9.99. The first-order valence-corrected chi connectivity index (χ1v) is 5.72. The number of nitrogens with two attached hydrogens (primary N) is 1. The number of amides is 1. The van der Waals surface area contributed by atoms with Gasteiger partial charge in [-0.25, -0.2) is 0 Å². The first-order chi connectivity index (χ1) is 7.65. The smallest absolute Gasteiger partial charge is 0.224 e. The molecule has 0 aliphatic heterocycles. The molecule has 0 fully saturated rings. The maximum atomic E-state index is 11.7. The van der Waals surface area contributed by atoms with Crippen molar-refractivity contribution in [2.45, 2.75) is 26.7 Å². The summed E-state index contributed by atoms with van der Waals surface area (Å²) in [6, 6.07) is 7.79. The van der Waals surface area contributed by atoms with E-state index in [1.807, 2.05) is 31.2 Å². The fraction of sp³-hybridized carbons (Fsp3) is 0.462. The van der Waals surface area contributed by atoms with Gasteiger partial charge < -0.3 is 11.1 Å². The van der Waals surface area contributed by atoms with Crippen LogP contribution in [0.5, 0.6) is 0 Å². The van der Waals surface area contributed by atoms with Crippen molar-refractivity contribution in [1.82, 2.24) is 0 Å². The number of rotatable bonds is 5. The molecule has 0 saturated carbocycles. The third-order valence-electron chi connectivity index (χ3n) is 2.72. The van der Waals surface area contributed by atoms with Gasteiger partial charge in [-0.05, 0) is 31.5 Å². The Labute approximate surface area is 97.0 Å². The fourth-order valence-corrected chi connectivity index (χ4v) is 1.51. The van der Waals surface area contributed by atoms with E-state index in [1.165, 1.54) is 5.56 Å². The van der Waals surface area contributed by atoms with Crippen molar-refractivity contribution in [3.05, 3.63) is 29.8 Å². The van der Waals surface area contributed by atoms with E-state index in [0.29, 0.717) is 13.0 Å². The predicted molar refractivity (Wildman–Crippen MR) is 67.3 cm³/mol. The Hall–Kier alpha value is -1.35. The Morgan fingerprint density at radius 1 is 1.38 bits per heavy atom. The van der Waals surface area contributed by atoms with Crippen molar-refractivity contribution in [2.24, 2.45) is 11.7 Å². The van der Waals surface area contributed by atoms with Gasteiger partial charge >= 0.3 is 0 Å². The highest BCUT2D eigenvalue weighted by Gasteiger charge is 2.10. The normalized spacial score (nSPS) is 12.2. The summed E-state index contributed by atoms with van der Waals surface area (Å²) in [5.74, 6) is 0.326. The fourth-order valence-electron chi connectivity index (χ4n) is 1.51. The third kappa shape index (κ3) is 4.03. The molecule has 1 amide bonds. The lowest BCUT2D eigenvalue weighted by Crippen LogP contribution is -2.21. The molecule has 1 aromatic rings. The van der Waals surface area contributed by atoms with Gasteiger partial charge in [-0.3, -0.25) is 4.79 Å². The molecule has 0 saturated heterocycles. The van der Waals surface area contributed by atoms with Crippen LogP contribution in [0.2, 0.25) is 0 Å². The number of hydrogen-bond donors (Lipinski definition) is 2. The Kier molecular flexibility index (Phi) is 4.99. The summed E-state index contributed by atoms with van der Waals surface area (Å²) in [5.41, 5.74) is 7.60. The number of hydrogen-bond acceptors (Lipinski definition) is 2. The second-order valence-electron chi connectivity index (χ2n) is 4.13. The lowest BCUT2D eigenvalue weighted by atomic mass is 10.0. The molecule has 0 aliphatic rings. The van der Waals surface area contributed by atoms with Crippen LogP contribution < -0.4 is 11.1 Å². The predicted octanol–water partition coefficient (Wildman–Crippen LogP) is 2.31. The molecule has 1 rings (SSSR count). The molecule has 1 unspecified atom stereocenters. The largest absolute Gasteiger partial charge is 0.330 e. The highest BCUT2D eigenvalue weighted by molar-refractivity contribution is 5.90. The van der Waals surface area contributed by atoms with Gasteiger partial charge in [-0.1, -0.05) is 31.0 Å². The minimum Gasteiger partial charge on any atom is -0.330 e. The van der Waals surface area contributed by atoms with E-state index >= 15 is 0 Å². The van der Waals surface area contributed by atoms with Crippen molar-refractivity contribution < 1.29 is 4.79 Å². The van der Waals surface area contributed by atoms with Crippen LogP contribution in [-0.2, 0) is 4.79 Å². The average Bonchev–Trinajstić information content (AvgIpc) is 2.29. The molecule has 3 heteroatoms. The number of carbonyl (C=O) groups excluding carboxylic acids is 1. The number of nitrogens with one attached hydrogen (secondary N) is 1. The molecule has 0 aliphatic carbocycles. The molecule has 1 atom stereocenters. The van der Waals surface area contributed by atoms with Gasteiger partial charge in [0.25, 0.3) is 0 Å². The first-order valence-electron chi connectivity index (χ1n) is 5.72. The van der Waals surface area contributed by atoms with Gasteiger partial charge in [0.05, 0.1) is 0 Å². The number of carbonyl (C=O) groups is 1. The topological polar surface area (TPSA) is 55.1 Å². The van der Waals surface area contributed by atoms with Gasteiger partial charge in [-0.2, -0.15) is 0 Å². The molecule has 16 heavy (non-hydrogen) atoms. The van der Waals surface area contributed by atoms with E-state index in [-0.39, 0.29) is 11.8 Å². The molecule has 0 heterocycles. The van der Waals surface area contributed by atoms with Crippen molar-refractivity contribution in [3.63, 3.8) is 0 Å². The van der Waals surface area contributed by atoms with Crippen molar-refractivity contribution in [1.29, 1.82) is 0 Å². The van der Waals surface area contributed by atoms with Crippen LogP contribution in [0.1, 0.15) is 25.3 Å². The van der Waals surface area contributed by atoms with E-state index in [0.717, 1.165) is 12.1 Å². The summed E-state index contributed by atoms with van der Waals surface area (Å²) in [7, 11) is 0. The van der Waals surface area contributed by atoms with Gasteiger partial charge in [0, 0.05) is 12.1 Å². The van der Waals surface area contributed by atoms with Crippen LogP contribution in [0.4, 0.5) is 5.69 Å². The summed E-state index contributed by atoms with van der Waals surface area (Å²) in [6.07, 6.45) is 1.44. The highest BCUT2D eigenvalue weighted by Crippen LogP contribution is 2.11. The molecular weight excluding hydrogens is 200 g/mol. The van der Waals surface area contributed by atoms with Crippen LogP contribution in [0, 0.1) is 12.8 Å². The number of aryl methyl sites for hydroxylation is 1. The second kappa shape index (κ2) is 6.28. The molecular formula is C13H20N2O. The van der Waals surface area contributed by atoms with Crippen LogP contribution >= 0.6 is 0 Å². The van der Waals surface area contributed by atoms with Gasteiger partial charge in [0.15, 0.2) is 0 Å². The van der Waals surface area contributed by atoms with Crippen molar-refractivity contribution >= 4 is 11.6 Å². The van der Waals surface area contributed by atoms with Crippen molar-refractivity contribution in [2.75, 3.05) is 11.9 Å². The summed E-state index contributed by atoms with van der Waals surface area (Å²) in [6.45, 7) is 4.64. The molecule has 0 aromatic heterocycles. The minimum absolute atomic E-state index is 0.0427.